The Bertz CT molecular complexity index is 50.0. The van der Waals surface area contributed by atoms with Crippen LogP contribution in [0.2, 0.25) is 0 Å². The zero-order valence-corrected chi connectivity index (χ0v) is 5.71. The fourth-order valence-corrected chi connectivity index (χ4v) is 1.33. The molecule has 0 bridgehead atoms. The van der Waals surface area contributed by atoms with Crippen molar-refractivity contribution in [2.75, 3.05) is 19.4 Å². The Labute approximate surface area is 47.3 Å². The molecule has 2 heteroatoms. The molecule has 1 unspecified atom stereocenters. The molecule has 0 saturated carbocycles. The maximum atomic E-state index is 2.75. The third-order valence-corrected chi connectivity index (χ3v) is 1.97. The largest absolute Gasteiger partial charge is 0.300 e. The van der Waals surface area contributed by atoms with Crippen LogP contribution in [0.3, 0.4) is 0 Å². The first-order valence-corrected chi connectivity index (χ1v) is 3.67. The van der Waals surface area contributed by atoms with Gasteiger partial charge in [-0.25, -0.2) is 0 Å². The van der Waals surface area contributed by atoms with Crippen LogP contribution < -0.4 is 0 Å². The number of likely N-dealkylation sites (tertiary alicyclic amines) is 1. The first-order valence-electron chi connectivity index (χ1n) is 2.86. The Balaban J connectivity index is 2.14. The van der Waals surface area contributed by atoms with Crippen molar-refractivity contribution in [2.24, 2.45) is 0 Å². The molecule has 1 fully saturated rings. The average Bonchev–Trinajstić information content (AvgIpc) is 2.14. The van der Waals surface area contributed by atoms with E-state index in [9.17, 15) is 0 Å². The van der Waals surface area contributed by atoms with Gasteiger partial charge in [-0.05, 0) is 25.9 Å². The lowest BCUT2D eigenvalue weighted by Crippen LogP contribution is -2.15. The normalized spacial score (nSPS) is 23.6. The highest BCUT2D eigenvalue weighted by atomic mass is 31.0. The summed E-state index contributed by atoms with van der Waals surface area (Å²) < 4.78 is 0. The topological polar surface area (TPSA) is 3.24 Å². The number of hydrogen-bond acceptors (Lipinski definition) is 1. The molecule has 1 aliphatic rings. The molecule has 42 valence electrons. The summed E-state index contributed by atoms with van der Waals surface area (Å²) >= 11 is 0. The predicted octanol–water partition coefficient (Wildman–Crippen LogP) is 0.915. The van der Waals surface area contributed by atoms with Gasteiger partial charge in [-0.1, -0.05) is 0 Å². The smallest absolute Gasteiger partial charge is 0.0126 e. The summed E-state index contributed by atoms with van der Waals surface area (Å²) in [5.74, 6) is 0. The molecule has 1 rings (SSSR count). The Morgan fingerprint density at radius 2 is 1.86 bits per heavy atom. The van der Waals surface area contributed by atoms with E-state index in [-0.39, 0.29) is 0 Å². The minimum Gasteiger partial charge on any atom is -0.300 e. The summed E-state index contributed by atoms with van der Waals surface area (Å²) in [7, 11) is 2.75. The van der Waals surface area contributed by atoms with Crippen LogP contribution in [0.5, 0.6) is 0 Å². The summed E-state index contributed by atoms with van der Waals surface area (Å²) in [6, 6.07) is 0. The Hall–Kier alpha value is 0.390. The summed E-state index contributed by atoms with van der Waals surface area (Å²) in [5.41, 5.74) is 0. The lowest BCUT2D eigenvalue weighted by Gasteiger charge is -2.08. The van der Waals surface area contributed by atoms with E-state index < -0.39 is 0 Å². The van der Waals surface area contributed by atoms with Gasteiger partial charge in [-0.3, -0.25) is 4.90 Å². The average molecular weight is 117 g/mol. The van der Waals surface area contributed by atoms with Gasteiger partial charge in [0.1, 0.15) is 0 Å². The van der Waals surface area contributed by atoms with Gasteiger partial charge in [0.05, 0.1) is 0 Å². The van der Waals surface area contributed by atoms with Crippen LogP contribution in [-0.4, -0.2) is 24.3 Å². The van der Waals surface area contributed by atoms with Crippen LogP contribution >= 0.6 is 9.24 Å². The van der Waals surface area contributed by atoms with E-state index in [1.165, 1.54) is 32.2 Å². The second-order valence-electron chi connectivity index (χ2n) is 2.01. The fourth-order valence-electron chi connectivity index (χ4n) is 0.965. The maximum absolute atomic E-state index is 2.75. The predicted molar refractivity (Wildman–Crippen MR) is 35.4 cm³/mol. The molecular weight excluding hydrogens is 105 g/mol. The van der Waals surface area contributed by atoms with Gasteiger partial charge in [0.25, 0.3) is 0 Å². The molecule has 0 aromatic rings. The standard InChI is InChI=1S/C5H12NP/c7-5-6-3-1-2-4-6/h1-5,7H2. The van der Waals surface area contributed by atoms with Crippen LogP contribution in [0.1, 0.15) is 12.8 Å². The highest BCUT2D eigenvalue weighted by Gasteiger charge is 2.06. The van der Waals surface area contributed by atoms with Gasteiger partial charge in [0.15, 0.2) is 0 Å². The number of rotatable bonds is 1. The molecule has 1 heterocycles. The first-order chi connectivity index (χ1) is 3.43. The van der Waals surface area contributed by atoms with E-state index in [1.807, 2.05) is 0 Å². The van der Waals surface area contributed by atoms with Crippen LogP contribution in [-0.2, 0) is 0 Å². The molecule has 0 amide bonds. The molecule has 1 saturated heterocycles. The molecule has 0 radical (unpaired) electrons. The molecule has 1 nitrogen and oxygen atoms in total. The summed E-state index contributed by atoms with van der Waals surface area (Å²) in [6.07, 6.45) is 3.99. The van der Waals surface area contributed by atoms with E-state index in [2.05, 4.69) is 14.1 Å². The van der Waals surface area contributed by atoms with E-state index in [0.717, 1.165) is 0 Å². The highest BCUT2D eigenvalue weighted by molar-refractivity contribution is 7.16. The third-order valence-electron chi connectivity index (χ3n) is 1.46. The second kappa shape index (κ2) is 2.64. The molecule has 7 heavy (non-hydrogen) atoms. The van der Waals surface area contributed by atoms with Crippen molar-refractivity contribution in [3.05, 3.63) is 0 Å². The van der Waals surface area contributed by atoms with Crippen molar-refractivity contribution in [3.8, 4) is 0 Å². The number of hydrogen-bond donors (Lipinski definition) is 0. The maximum Gasteiger partial charge on any atom is 0.0126 e. The molecule has 0 aliphatic carbocycles. The molecule has 0 aromatic carbocycles. The Morgan fingerprint density at radius 1 is 1.29 bits per heavy atom. The summed E-state index contributed by atoms with van der Waals surface area (Å²) in [6.45, 7) is 2.65. The molecule has 0 spiro atoms. The van der Waals surface area contributed by atoms with Gasteiger partial charge >= 0.3 is 0 Å². The Kier molecular flexibility index (Phi) is 2.08. The van der Waals surface area contributed by atoms with Crippen LogP contribution in [0.25, 0.3) is 0 Å². The van der Waals surface area contributed by atoms with Crippen LogP contribution in [0.4, 0.5) is 0 Å². The van der Waals surface area contributed by atoms with E-state index in [4.69, 9.17) is 0 Å². The zero-order chi connectivity index (χ0) is 5.11. The SMILES string of the molecule is PCN1CCCC1. The highest BCUT2D eigenvalue weighted by Crippen LogP contribution is 2.07. The zero-order valence-electron chi connectivity index (χ0n) is 4.56. The van der Waals surface area contributed by atoms with Crippen LogP contribution in [0.15, 0.2) is 0 Å². The summed E-state index contributed by atoms with van der Waals surface area (Å²) in [4.78, 5) is 2.45. The third kappa shape index (κ3) is 1.40. The molecule has 1 atom stereocenters. The van der Waals surface area contributed by atoms with Gasteiger partial charge in [0, 0.05) is 6.29 Å². The van der Waals surface area contributed by atoms with Crippen molar-refractivity contribution < 1.29 is 0 Å². The van der Waals surface area contributed by atoms with Crippen molar-refractivity contribution in [2.45, 2.75) is 12.8 Å². The minimum absolute atomic E-state index is 1.17. The summed E-state index contributed by atoms with van der Waals surface area (Å²) in [5, 5.41) is 0. The lowest BCUT2D eigenvalue weighted by molar-refractivity contribution is 0.401. The number of nitrogens with zero attached hydrogens (tertiary/aromatic N) is 1. The second-order valence-corrected chi connectivity index (χ2v) is 2.37. The van der Waals surface area contributed by atoms with Crippen molar-refractivity contribution >= 4 is 9.24 Å². The molecule has 0 aromatic heterocycles. The molecule has 0 N–H and O–H groups in total. The van der Waals surface area contributed by atoms with Crippen molar-refractivity contribution in [1.29, 1.82) is 0 Å². The van der Waals surface area contributed by atoms with Gasteiger partial charge in [-0.15, -0.1) is 9.24 Å². The van der Waals surface area contributed by atoms with Gasteiger partial charge < -0.3 is 0 Å². The van der Waals surface area contributed by atoms with E-state index >= 15 is 0 Å². The Morgan fingerprint density at radius 3 is 2.14 bits per heavy atom. The van der Waals surface area contributed by atoms with Crippen molar-refractivity contribution in [3.63, 3.8) is 0 Å². The lowest BCUT2D eigenvalue weighted by atomic mass is 10.4. The van der Waals surface area contributed by atoms with Gasteiger partial charge in [0.2, 0.25) is 0 Å². The van der Waals surface area contributed by atoms with Crippen LogP contribution in [0, 0.1) is 0 Å². The fraction of sp³-hybridized carbons (Fsp3) is 1.00. The monoisotopic (exact) mass is 117 g/mol. The minimum atomic E-state index is 1.17. The quantitative estimate of drug-likeness (QED) is 0.461. The van der Waals surface area contributed by atoms with Gasteiger partial charge in [-0.2, -0.15) is 0 Å². The molecular formula is C5H12NP. The van der Waals surface area contributed by atoms with Crippen molar-refractivity contribution in [1.82, 2.24) is 4.90 Å². The van der Waals surface area contributed by atoms with E-state index in [1.54, 1.807) is 0 Å². The first kappa shape index (κ1) is 5.53. The molecule has 1 aliphatic heterocycles. The van der Waals surface area contributed by atoms with E-state index in [0.29, 0.717) is 0 Å².